The molecule has 2 aromatic carbocycles. The number of carboxylic acids is 2. The van der Waals surface area contributed by atoms with Crippen molar-refractivity contribution in [3.63, 3.8) is 0 Å². The minimum atomic E-state index is -1.82. The number of H-pyrrole nitrogens is 1. The van der Waals surface area contributed by atoms with E-state index in [-0.39, 0.29) is 12.6 Å². The average molecular weight is 521 g/mol. The zero-order valence-corrected chi connectivity index (χ0v) is 21.0. The molecule has 38 heavy (non-hydrogen) atoms. The fraction of sp³-hybridized carbons (Fsp3) is 0.333. The summed E-state index contributed by atoms with van der Waals surface area (Å²) in [5.41, 5.74) is 4.89. The molecule has 0 radical (unpaired) electrons. The number of piperazine rings is 1. The van der Waals surface area contributed by atoms with Gasteiger partial charge in [0, 0.05) is 55.0 Å². The Hall–Kier alpha value is -4.06. The molecule has 0 bridgehead atoms. The summed E-state index contributed by atoms with van der Waals surface area (Å²) < 4.78 is 1.93. The van der Waals surface area contributed by atoms with Crippen LogP contribution in [0.1, 0.15) is 17.5 Å². The molecule has 11 nitrogen and oxygen atoms in total. The van der Waals surface area contributed by atoms with Crippen LogP contribution in [0.4, 0.5) is 0 Å². The zero-order valence-electron chi connectivity index (χ0n) is 21.0. The maximum absolute atomic E-state index is 10.0. The van der Waals surface area contributed by atoms with Crippen molar-refractivity contribution in [3.8, 4) is 5.69 Å². The summed E-state index contributed by atoms with van der Waals surface area (Å²) in [5, 5.41) is 33.9. The second kappa shape index (κ2) is 13.0. The van der Waals surface area contributed by atoms with E-state index in [0.29, 0.717) is 0 Å². The summed E-state index contributed by atoms with van der Waals surface area (Å²) in [4.78, 5) is 26.5. The van der Waals surface area contributed by atoms with E-state index >= 15 is 0 Å². The molecule has 0 aliphatic carbocycles. The van der Waals surface area contributed by atoms with Crippen LogP contribution >= 0.6 is 0 Å². The molecule has 3 heterocycles. The van der Waals surface area contributed by atoms with Gasteiger partial charge in [-0.1, -0.05) is 30.3 Å². The zero-order chi connectivity index (χ0) is 26.9. The molecule has 0 spiro atoms. The van der Waals surface area contributed by atoms with Crippen LogP contribution < -0.4 is 0 Å². The van der Waals surface area contributed by atoms with Crippen LogP contribution in [0.15, 0.2) is 67.4 Å². The van der Waals surface area contributed by atoms with Crippen molar-refractivity contribution >= 4 is 22.8 Å². The smallest absolute Gasteiger partial charge is 0.414 e. The van der Waals surface area contributed by atoms with Gasteiger partial charge in [-0.3, -0.25) is 14.4 Å². The molecule has 1 atom stereocenters. The molecule has 1 aliphatic rings. The maximum atomic E-state index is 10.0. The lowest BCUT2D eigenvalue weighted by Crippen LogP contribution is -2.54. The van der Waals surface area contributed by atoms with Crippen molar-refractivity contribution in [1.82, 2.24) is 29.5 Å². The predicted octanol–water partition coefficient (Wildman–Crippen LogP) is 2.02. The Balaban J connectivity index is 0.000000505. The number of carbonyl (C=O) groups is 2. The fourth-order valence-corrected chi connectivity index (χ4v) is 4.75. The summed E-state index contributed by atoms with van der Waals surface area (Å²) in [7, 11) is 0. The van der Waals surface area contributed by atoms with E-state index in [2.05, 4.69) is 79.7 Å². The third-order valence-corrected chi connectivity index (χ3v) is 6.69. The molecule has 1 fully saturated rings. The number of nitrogens with one attached hydrogen (secondary N) is 1. The predicted molar refractivity (Wildman–Crippen MR) is 141 cm³/mol. The number of rotatable bonds is 8. The average Bonchev–Trinajstić information content (AvgIpc) is 3.61. The molecule has 200 valence electrons. The Morgan fingerprint density at radius 2 is 1.74 bits per heavy atom. The molecule has 0 saturated carbocycles. The van der Waals surface area contributed by atoms with E-state index in [1.54, 1.807) is 12.7 Å². The summed E-state index contributed by atoms with van der Waals surface area (Å²) in [6.07, 6.45) is 7.65. The Morgan fingerprint density at radius 3 is 2.42 bits per heavy atom. The van der Waals surface area contributed by atoms with Gasteiger partial charge in [0.15, 0.2) is 0 Å². The molecule has 1 unspecified atom stereocenters. The molecule has 11 heteroatoms. The van der Waals surface area contributed by atoms with Crippen LogP contribution in [0, 0.1) is 0 Å². The van der Waals surface area contributed by atoms with Gasteiger partial charge < -0.3 is 20.3 Å². The van der Waals surface area contributed by atoms with Gasteiger partial charge in [0.05, 0.1) is 6.61 Å². The SMILES string of the molecule is O=C(O)C(=O)O.OCC1CN(Cc2ccccc2)CCN1CCCc1c[nH]c2ccc(-n3cnnc3)cc12. The first kappa shape index (κ1) is 27.0. The van der Waals surface area contributed by atoms with Gasteiger partial charge in [-0.15, -0.1) is 10.2 Å². The maximum Gasteiger partial charge on any atom is 0.414 e. The van der Waals surface area contributed by atoms with Gasteiger partial charge in [-0.2, -0.15) is 0 Å². The molecule has 1 saturated heterocycles. The molecule has 0 amide bonds. The van der Waals surface area contributed by atoms with E-state index in [4.69, 9.17) is 19.8 Å². The number of benzene rings is 2. The minimum absolute atomic E-state index is 0.204. The van der Waals surface area contributed by atoms with Crippen molar-refractivity contribution in [2.24, 2.45) is 0 Å². The third-order valence-electron chi connectivity index (χ3n) is 6.69. The highest BCUT2D eigenvalue weighted by Gasteiger charge is 2.26. The summed E-state index contributed by atoms with van der Waals surface area (Å²) in [6, 6.07) is 17.2. The van der Waals surface area contributed by atoms with Crippen LogP contribution in [-0.2, 0) is 22.6 Å². The Kier molecular flexibility index (Phi) is 9.20. The molecule has 1 aliphatic heterocycles. The van der Waals surface area contributed by atoms with Crippen LogP contribution in [-0.4, -0.2) is 95.6 Å². The first-order chi connectivity index (χ1) is 18.4. The van der Waals surface area contributed by atoms with Gasteiger partial charge in [-0.25, -0.2) is 9.59 Å². The Labute approximate surface area is 220 Å². The Morgan fingerprint density at radius 1 is 1.00 bits per heavy atom. The third kappa shape index (κ3) is 7.03. The van der Waals surface area contributed by atoms with Crippen LogP contribution in [0.5, 0.6) is 0 Å². The number of hydrogen-bond donors (Lipinski definition) is 4. The van der Waals surface area contributed by atoms with E-state index in [1.807, 2.05) is 4.57 Å². The van der Waals surface area contributed by atoms with Crippen molar-refractivity contribution in [1.29, 1.82) is 0 Å². The number of aromatic amines is 1. The topological polar surface area (TPSA) is 148 Å². The fourth-order valence-electron chi connectivity index (χ4n) is 4.75. The van der Waals surface area contributed by atoms with Crippen molar-refractivity contribution < 1.29 is 24.9 Å². The largest absolute Gasteiger partial charge is 0.473 e. The highest BCUT2D eigenvalue weighted by atomic mass is 16.4. The van der Waals surface area contributed by atoms with Crippen LogP contribution in [0.3, 0.4) is 0 Å². The first-order valence-corrected chi connectivity index (χ1v) is 12.5. The lowest BCUT2D eigenvalue weighted by molar-refractivity contribution is -0.159. The molecule has 4 N–H and O–H groups in total. The number of aliphatic carboxylic acids is 2. The lowest BCUT2D eigenvalue weighted by Gasteiger charge is -2.40. The van der Waals surface area contributed by atoms with Crippen LogP contribution in [0.2, 0.25) is 0 Å². The van der Waals surface area contributed by atoms with Gasteiger partial charge in [0.2, 0.25) is 0 Å². The van der Waals surface area contributed by atoms with Crippen molar-refractivity contribution in [2.75, 3.05) is 32.8 Å². The van der Waals surface area contributed by atoms with Crippen molar-refractivity contribution in [2.45, 2.75) is 25.4 Å². The van der Waals surface area contributed by atoms with E-state index in [1.165, 1.54) is 16.5 Å². The van der Waals surface area contributed by atoms with Gasteiger partial charge >= 0.3 is 11.9 Å². The van der Waals surface area contributed by atoms with Crippen LogP contribution in [0.25, 0.3) is 16.6 Å². The van der Waals surface area contributed by atoms with Gasteiger partial charge in [-0.05, 0) is 48.7 Å². The first-order valence-electron chi connectivity index (χ1n) is 12.5. The van der Waals surface area contributed by atoms with Gasteiger partial charge in [0.25, 0.3) is 0 Å². The highest BCUT2D eigenvalue weighted by Crippen LogP contribution is 2.23. The number of fused-ring (bicyclic) bond motifs is 1. The number of aromatic nitrogens is 4. The van der Waals surface area contributed by atoms with E-state index in [9.17, 15) is 5.11 Å². The molecule has 2 aromatic heterocycles. The molecular weight excluding hydrogens is 488 g/mol. The molecule has 5 rings (SSSR count). The van der Waals surface area contributed by atoms with Gasteiger partial charge in [0.1, 0.15) is 12.7 Å². The highest BCUT2D eigenvalue weighted by molar-refractivity contribution is 6.27. The number of aliphatic hydroxyl groups is 1. The monoisotopic (exact) mass is 520 g/mol. The minimum Gasteiger partial charge on any atom is -0.473 e. The second-order valence-electron chi connectivity index (χ2n) is 9.22. The van der Waals surface area contributed by atoms with E-state index < -0.39 is 11.9 Å². The Bertz CT molecular complexity index is 1310. The second-order valence-corrected chi connectivity index (χ2v) is 9.22. The lowest BCUT2D eigenvalue weighted by atomic mass is 10.1. The standard InChI is InChI=1S/C25H30N6O.C2H2O4/c32-17-23-16-29(15-20-5-2-1-3-6-20)11-12-30(23)10-4-7-21-14-26-25-9-8-22(13-24(21)25)31-18-27-28-19-31;3-1(4)2(5)6/h1-3,5-6,8-9,13-14,18-19,23,26,32H,4,7,10-12,15-17H2;(H,3,4)(H,5,6). The van der Waals surface area contributed by atoms with Crippen molar-refractivity contribution in [3.05, 3.63) is 78.5 Å². The number of hydrogen-bond acceptors (Lipinski definition) is 7. The molecule has 4 aromatic rings. The number of aliphatic hydroxyl groups excluding tert-OH is 1. The number of nitrogens with zero attached hydrogens (tertiary/aromatic N) is 5. The molecular formula is C27H32N6O5. The normalized spacial score (nSPS) is 16.2. The quantitative estimate of drug-likeness (QED) is 0.256. The summed E-state index contributed by atoms with van der Waals surface area (Å²) in [6.45, 7) is 5.13. The summed E-state index contributed by atoms with van der Waals surface area (Å²) in [5.74, 6) is -3.65. The number of carboxylic acid groups (broad SMARTS) is 2. The summed E-state index contributed by atoms with van der Waals surface area (Å²) >= 11 is 0. The number of aryl methyl sites for hydroxylation is 1. The van der Waals surface area contributed by atoms with E-state index in [0.717, 1.165) is 56.8 Å².